The molecule has 0 spiro atoms. The number of methoxy groups -OCH3 is 1. The Bertz CT molecular complexity index is 1390. The summed E-state index contributed by atoms with van der Waals surface area (Å²) < 4.78 is 24.3. The van der Waals surface area contributed by atoms with Crippen molar-refractivity contribution in [2.45, 2.75) is 31.0 Å². The standard InChI is InChI=1S/C28H28FN7O3/c1-38-22-8-6-20(7-9-22)32-27(37)35-14-11-21(12-15-35)31-26-30-13-10-23(33-26)25-24(18-2-4-19(29)5-3-18)34-28-36(25)16-17-39-28/h2-10,13,16-17,21,24-25H,11-12,14-15H2,1H3,(H,32,37)(H,30,31,33). The highest BCUT2D eigenvalue weighted by Gasteiger charge is 2.41. The molecule has 1 fully saturated rings. The van der Waals surface area contributed by atoms with E-state index in [1.807, 2.05) is 46.3 Å². The van der Waals surface area contributed by atoms with E-state index in [0.717, 1.165) is 35.5 Å². The molecule has 0 bridgehead atoms. The maximum Gasteiger partial charge on any atom is 0.321 e. The number of nitrogens with zero attached hydrogens (tertiary/aromatic N) is 5. The van der Waals surface area contributed by atoms with Crippen molar-refractivity contribution >= 4 is 23.7 Å². The van der Waals surface area contributed by atoms with Crippen LogP contribution >= 0.6 is 0 Å². The molecule has 3 aromatic rings. The third-order valence-corrected chi connectivity index (χ3v) is 7.11. The number of hydrogen-bond donors (Lipinski definition) is 2. The number of likely N-dealkylation sites (tertiary alicyclic amines) is 1. The first-order chi connectivity index (χ1) is 19.1. The number of piperidine rings is 1. The van der Waals surface area contributed by atoms with Crippen LogP contribution in [0.4, 0.5) is 20.8 Å². The van der Waals surface area contributed by atoms with Crippen molar-refractivity contribution in [3.63, 3.8) is 0 Å². The molecule has 2 amide bonds. The van der Waals surface area contributed by atoms with E-state index in [1.54, 1.807) is 31.7 Å². The van der Waals surface area contributed by atoms with E-state index in [1.165, 1.54) is 12.1 Å². The number of benzene rings is 2. The molecule has 1 aromatic heterocycles. The zero-order valence-corrected chi connectivity index (χ0v) is 21.3. The number of fused-ring (bicyclic) bond motifs is 1. The molecule has 2 unspecified atom stereocenters. The van der Waals surface area contributed by atoms with E-state index >= 15 is 0 Å². The lowest BCUT2D eigenvalue weighted by molar-refractivity contribution is 0.197. The number of anilines is 2. The van der Waals surface area contributed by atoms with E-state index in [9.17, 15) is 9.18 Å². The highest BCUT2D eigenvalue weighted by Crippen LogP contribution is 2.43. The van der Waals surface area contributed by atoms with E-state index in [0.29, 0.717) is 25.1 Å². The third-order valence-electron chi connectivity index (χ3n) is 7.11. The summed E-state index contributed by atoms with van der Waals surface area (Å²) >= 11 is 0. The van der Waals surface area contributed by atoms with Crippen molar-refractivity contribution in [1.29, 1.82) is 0 Å². The fourth-order valence-electron chi connectivity index (χ4n) is 5.05. The monoisotopic (exact) mass is 529 g/mol. The first-order valence-corrected chi connectivity index (χ1v) is 12.8. The minimum absolute atomic E-state index is 0.123. The summed E-state index contributed by atoms with van der Waals surface area (Å²) in [5.41, 5.74) is 2.36. The number of aromatic nitrogens is 2. The SMILES string of the molecule is COc1ccc(NC(=O)N2CCC(Nc3nccc(C4C(c5ccc(F)cc5)N=C5OC=CN54)n3)CC2)cc1. The van der Waals surface area contributed by atoms with Gasteiger partial charge in [0, 0.05) is 37.2 Å². The largest absolute Gasteiger partial charge is 0.497 e. The molecule has 3 aliphatic rings. The van der Waals surface area contributed by atoms with E-state index < -0.39 is 0 Å². The van der Waals surface area contributed by atoms with Crippen molar-refractivity contribution in [1.82, 2.24) is 19.8 Å². The number of hydrogen-bond acceptors (Lipinski definition) is 8. The Kier molecular flexibility index (Phi) is 6.70. The van der Waals surface area contributed by atoms with Crippen LogP contribution in [-0.2, 0) is 4.74 Å². The fourth-order valence-corrected chi connectivity index (χ4v) is 5.05. The van der Waals surface area contributed by atoms with Crippen molar-refractivity contribution < 1.29 is 18.7 Å². The molecule has 2 aromatic carbocycles. The van der Waals surface area contributed by atoms with Crippen LogP contribution in [0, 0.1) is 5.82 Å². The van der Waals surface area contributed by atoms with Gasteiger partial charge in [-0.25, -0.2) is 24.1 Å². The minimum atomic E-state index is -0.305. The Morgan fingerprint density at radius 3 is 2.59 bits per heavy atom. The maximum atomic E-state index is 13.6. The van der Waals surface area contributed by atoms with Crippen LogP contribution in [0.25, 0.3) is 0 Å². The molecule has 3 aliphatic heterocycles. The number of amides is 2. The zero-order chi connectivity index (χ0) is 26.8. The summed E-state index contributed by atoms with van der Waals surface area (Å²) in [6, 6.07) is 15.4. The van der Waals surface area contributed by atoms with E-state index in [4.69, 9.17) is 19.5 Å². The summed E-state index contributed by atoms with van der Waals surface area (Å²) in [5.74, 6) is 0.961. The van der Waals surface area contributed by atoms with Crippen molar-refractivity contribution in [2.75, 3.05) is 30.8 Å². The second-order valence-corrected chi connectivity index (χ2v) is 9.53. The molecule has 39 heavy (non-hydrogen) atoms. The predicted molar refractivity (Wildman–Crippen MR) is 144 cm³/mol. The Balaban J connectivity index is 1.09. The molecule has 0 saturated carbocycles. The minimum Gasteiger partial charge on any atom is -0.497 e. The van der Waals surface area contributed by atoms with Gasteiger partial charge in [0.15, 0.2) is 0 Å². The van der Waals surface area contributed by atoms with Gasteiger partial charge in [0.2, 0.25) is 5.95 Å². The highest BCUT2D eigenvalue weighted by atomic mass is 19.1. The smallest absolute Gasteiger partial charge is 0.321 e. The van der Waals surface area contributed by atoms with Crippen molar-refractivity contribution in [3.8, 4) is 5.75 Å². The molecule has 200 valence electrons. The van der Waals surface area contributed by atoms with Gasteiger partial charge in [-0.3, -0.25) is 4.90 Å². The van der Waals surface area contributed by atoms with Gasteiger partial charge >= 0.3 is 6.03 Å². The van der Waals surface area contributed by atoms with Gasteiger partial charge in [-0.1, -0.05) is 12.1 Å². The molecule has 10 nitrogen and oxygen atoms in total. The van der Waals surface area contributed by atoms with Gasteiger partial charge in [-0.2, -0.15) is 0 Å². The lowest BCUT2D eigenvalue weighted by Crippen LogP contribution is -2.44. The van der Waals surface area contributed by atoms with Crippen LogP contribution in [0.15, 0.2) is 78.2 Å². The highest BCUT2D eigenvalue weighted by molar-refractivity contribution is 5.89. The number of carbonyl (C=O) groups is 1. The second kappa shape index (κ2) is 10.6. The molecule has 2 N–H and O–H groups in total. The summed E-state index contributed by atoms with van der Waals surface area (Å²) in [4.78, 5) is 30.5. The topological polar surface area (TPSA) is 104 Å². The molecular formula is C28H28FN7O3. The normalized spacial score (nSPS) is 20.3. The summed E-state index contributed by atoms with van der Waals surface area (Å²) in [6.45, 7) is 1.23. The number of aliphatic imine (C=N–C) groups is 1. The van der Waals surface area contributed by atoms with Gasteiger partial charge in [0.25, 0.3) is 6.02 Å². The Labute approximate surface area is 225 Å². The molecule has 0 aliphatic carbocycles. The number of rotatable bonds is 6. The van der Waals surface area contributed by atoms with Crippen LogP contribution in [0.5, 0.6) is 5.75 Å². The first-order valence-electron chi connectivity index (χ1n) is 12.8. The number of urea groups is 1. The Hall–Kier alpha value is -4.67. The average molecular weight is 530 g/mol. The number of halogens is 1. The molecule has 2 atom stereocenters. The van der Waals surface area contributed by atoms with Crippen LogP contribution in [0.2, 0.25) is 0 Å². The molecule has 1 saturated heterocycles. The van der Waals surface area contributed by atoms with Gasteiger partial charge in [-0.05, 0) is 60.9 Å². The molecule has 0 radical (unpaired) electrons. The van der Waals surface area contributed by atoms with Crippen LogP contribution in [0.1, 0.15) is 36.2 Å². The number of ether oxygens (including phenoxy) is 2. The Morgan fingerprint density at radius 1 is 1.08 bits per heavy atom. The quantitative estimate of drug-likeness (QED) is 0.478. The molecule has 11 heteroatoms. The van der Waals surface area contributed by atoms with Gasteiger partial charge in [0.05, 0.1) is 12.8 Å². The lowest BCUT2D eigenvalue weighted by atomic mass is 9.97. The summed E-state index contributed by atoms with van der Waals surface area (Å²) in [7, 11) is 1.61. The van der Waals surface area contributed by atoms with Crippen LogP contribution < -0.4 is 15.4 Å². The summed E-state index contributed by atoms with van der Waals surface area (Å²) in [6.07, 6.45) is 6.67. The first kappa shape index (κ1) is 24.7. The third kappa shape index (κ3) is 5.20. The Morgan fingerprint density at radius 2 is 1.85 bits per heavy atom. The van der Waals surface area contributed by atoms with Crippen molar-refractivity contribution in [2.24, 2.45) is 4.99 Å². The number of nitrogens with one attached hydrogen (secondary N) is 2. The van der Waals surface area contributed by atoms with Gasteiger partial charge in [-0.15, -0.1) is 0 Å². The number of amidine groups is 1. The van der Waals surface area contributed by atoms with E-state index in [-0.39, 0.29) is 30.0 Å². The maximum absolute atomic E-state index is 13.6. The van der Waals surface area contributed by atoms with Gasteiger partial charge < -0.3 is 25.0 Å². The fraction of sp³-hybridized carbons (Fsp3) is 0.286. The van der Waals surface area contributed by atoms with E-state index in [2.05, 4.69) is 15.6 Å². The van der Waals surface area contributed by atoms with Crippen LogP contribution in [0.3, 0.4) is 0 Å². The second-order valence-electron chi connectivity index (χ2n) is 9.53. The number of carbonyl (C=O) groups excluding carboxylic acids is 1. The predicted octanol–water partition coefficient (Wildman–Crippen LogP) is 4.69. The summed E-state index contributed by atoms with van der Waals surface area (Å²) in [5, 5.41) is 6.38. The molecule has 6 rings (SSSR count). The average Bonchev–Trinajstić information content (AvgIpc) is 3.56. The molecule has 4 heterocycles. The van der Waals surface area contributed by atoms with Crippen molar-refractivity contribution in [3.05, 3.63) is 90.3 Å². The van der Waals surface area contributed by atoms with Crippen LogP contribution in [-0.4, -0.2) is 58.1 Å². The van der Waals surface area contributed by atoms with Gasteiger partial charge in [0.1, 0.15) is 29.9 Å². The molecular weight excluding hydrogens is 501 g/mol. The lowest BCUT2D eigenvalue weighted by Gasteiger charge is -2.32. The zero-order valence-electron chi connectivity index (χ0n) is 21.3.